The molecule has 3 nitrogen and oxygen atoms in total. The number of furan rings is 1. The number of benzene rings is 18. The summed E-state index contributed by atoms with van der Waals surface area (Å²) in [6.07, 6.45) is 0. The largest absolute Gasteiger partial charge is 0.456 e. The van der Waals surface area contributed by atoms with Crippen molar-refractivity contribution in [3.63, 3.8) is 0 Å². The Kier molecular flexibility index (Phi) is 15.2. The van der Waals surface area contributed by atoms with E-state index in [0.717, 1.165) is 72.8 Å². The minimum absolute atomic E-state index is 0.896. The molecule has 0 fully saturated rings. The summed E-state index contributed by atoms with van der Waals surface area (Å²) < 4.78 is 14.0. The molecule has 0 aliphatic heterocycles. The van der Waals surface area contributed by atoms with E-state index in [0.29, 0.717) is 0 Å². The van der Waals surface area contributed by atoms with E-state index in [-0.39, 0.29) is 0 Å². The molecule has 0 aliphatic rings. The van der Waals surface area contributed by atoms with Crippen LogP contribution in [0.15, 0.2) is 393 Å². The van der Waals surface area contributed by atoms with Gasteiger partial charge in [0.1, 0.15) is 11.2 Å². The molecule has 0 amide bonds. The molecule has 4 aromatic heterocycles. The average molecular weight is 1450 g/mol. The Morgan fingerprint density at radius 3 is 1.05 bits per heavy atom. The van der Waals surface area contributed by atoms with Crippen molar-refractivity contribution in [2.24, 2.45) is 0 Å². The third-order valence-electron chi connectivity index (χ3n) is 22.2. The quantitative estimate of drug-likeness (QED) is 0.115. The van der Waals surface area contributed by atoms with Crippen LogP contribution in [0.4, 0.5) is 34.1 Å². The third-order valence-corrected chi connectivity index (χ3v) is 25.8. The van der Waals surface area contributed by atoms with E-state index >= 15 is 0 Å². The first kappa shape index (κ1) is 63.8. The summed E-state index contributed by atoms with van der Waals surface area (Å²) in [6, 6.07) is 143. The molecule has 22 rings (SSSR count). The van der Waals surface area contributed by atoms with E-state index < -0.39 is 0 Å². The number of para-hydroxylation sites is 1. The molecule has 6 heteroatoms. The first-order valence-corrected chi connectivity index (χ1v) is 39.8. The lowest BCUT2D eigenvalue weighted by Gasteiger charge is -2.26. The maximum absolute atomic E-state index is 6.22. The highest BCUT2D eigenvalue weighted by Gasteiger charge is 2.21. The Morgan fingerprint density at radius 2 is 0.509 bits per heavy atom. The average Bonchev–Trinajstić information content (AvgIpc) is 1.57. The summed E-state index contributed by atoms with van der Waals surface area (Å²) in [5.74, 6) is 0. The molecule has 0 N–H and O–H groups in total. The molecule has 0 unspecified atom stereocenters. The SMILES string of the molecule is c1cc(-c2cccc3c2sc2ccccc23)cc(N(c2ccc(-c3ccc4cc(-c5ccc6sc7c(-c8cccc(N(c9ccc(-c%10ccc%11ccccc%11c%10)cc9)c9ccc(-c%10ccc%11oc%12ccccc%12c%11c%10)cc9)c8)cccc7c6c5)ccc4c3)cc2)c2ccc(-c3ccc4sc5ccccc5c4c3)cc2)c1. The number of rotatable bonds is 13. The maximum atomic E-state index is 6.22. The summed E-state index contributed by atoms with van der Waals surface area (Å²) >= 11 is 5.61. The van der Waals surface area contributed by atoms with Gasteiger partial charge >= 0.3 is 0 Å². The highest BCUT2D eigenvalue weighted by Crippen LogP contribution is 2.48. The highest BCUT2D eigenvalue weighted by atomic mass is 32.1. The smallest absolute Gasteiger partial charge is 0.135 e. The van der Waals surface area contributed by atoms with Gasteiger partial charge in [-0.05, 0) is 245 Å². The van der Waals surface area contributed by atoms with Gasteiger partial charge in [0, 0.05) is 105 Å². The second-order valence-electron chi connectivity index (χ2n) is 28.7. The Bertz CT molecular complexity index is 7410. The molecule has 0 saturated carbocycles. The van der Waals surface area contributed by atoms with Gasteiger partial charge in [0.25, 0.3) is 0 Å². The number of fused-ring (bicyclic) bond motifs is 14. The molecule has 514 valence electrons. The molecule has 0 spiro atoms. The number of nitrogens with zero attached hydrogens (tertiary/aromatic N) is 2. The molecule has 18 aromatic carbocycles. The lowest BCUT2D eigenvalue weighted by Crippen LogP contribution is -2.10. The van der Waals surface area contributed by atoms with Crippen molar-refractivity contribution < 1.29 is 4.42 Å². The molecule has 0 atom stereocenters. The van der Waals surface area contributed by atoms with Crippen LogP contribution < -0.4 is 9.80 Å². The van der Waals surface area contributed by atoms with E-state index in [2.05, 4.69) is 386 Å². The van der Waals surface area contributed by atoms with Crippen molar-refractivity contribution >= 4 is 172 Å². The van der Waals surface area contributed by atoms with Crippen molar-refractivity contribution in [2.45, 2.75) is 0 Å². The summed E-state index contributed by atoms with van der Waals surface area (Å²) in [6.45, 7) is 0. The zero-order chi connectivity index (χ0) is 72.3. The fraction of sp³-hybridized carbons (Fsp3) is 0. The summed E-state index contributed by atoms with van der Waals surface area (Å²) in [7, 11) is 0. The van der Waals surface area contributed by atoms with Crippen LogP contribution >= 0.6 is 34.0 Å². The maximum Gasteiger partial charge on any atom is 0.135 e. The normalized spacial score (nSPS) is 11.8. The van der Waals surface area contributed by atoms with Crippen molar-refractivity contribution in [1.82, 2.24) is 0 Å². The second kappa shape index (κ2) is 26.2. The van der Waals surface area contributed by atoms with Crippen LogP contribution in [0.3, 0.4) is 0 Å². The highest BCUT2D eigenvalue weighted by molar-refractivity contribution is 7.27. The minimum atomic E-state index is 0.896. The van der Waals surface area contributed by atoms with E-state index in [1.54, 1.807) is 0 Å². The summed E-state index contributed by atoms with van der Waals surface area (Å²) in [5.41, 5.74) is 24.9. The molecule has 110 heavy (non-hydrogen) atoms. The lowest BCUT2D eigenvalue weighted by molar-refractivity contribution is 0.669. The van der Waals surface area contributed by atoms with Gasteiger partial charge in [-0.25, -0.2) is 0 Å². The van der Waals surface area contributed by atoms with Crippen LogP contribution in [0.25, 0.3) is 182 Å². The fourth-order valence-electron chi connectivity index (χ4n) is 16.7. The topological polar surface area (TPSA) is 19.6 Å². The number of hydrogen-bond acceptors (Lipinski definition) is 6. The van der Waals surface area contributed by atoms with Gasteiger partial charge in [-0.2, -0.15) is 0 Å². The Hall–Kier alpha value is -13.5. The minimum Gasteiger partial charge on any atom is -0.456 e. The molecule has 0 bridgehead atoms. The van der Waals surface area contributed by atoms with Crippen molar-refractivity contribution in [1.29, 1.82) is 0 Å². The molecule has 22 aromatic rings. The van der Waals surface area contributed by atoms with Crippen LogP contribution in [-0.4, -0.2) is 0 Å². The standard InChI is InChI=1S/C104H64N2OS3/c1-2-14-70-57-71(30-29-65(70)13-1)66-35-46-81(47-36-66)105(83-50-39-68(40-51-83)76-43-54-98-94(62-76)89-19-3-6-26-97(89)107-98)86-18-10-16-80(61-86)88-23-12-25-93-96-64-78(45-56-102(96)110-104(88)93)75-34-33-73-58-72(31-32-74(73)59-75)67-37-48-82(49-38-67)106(84-52-41-69(42-53-84)77-44-55-101-95(63-77)91-21-5-7-27-99(91)108-101)85-17-9-15-79(60-85)87-22-11-24-92-90-20-4-8-28-100(90)109-103(87)92/h1-64H. The van der Waals surface area contributed by atoms with Gasteiger partial charge in [0.2, 0.25) is 0 Å². The Labute approximate surface area is 647 Å². The zero-order valence-corrected chi connectivity index (χ0v) is 61.9. The van der Waals surface area contributed by atoms with E-state index in [4.69, 9.17) is 4.42 Å². The Morgan fingerprint density at radius 1 is 0.173 bits per heavy atom. The number of anilines is 6. The molecular formula is C104H64N2OS3. The first-order valence-electron chi connectivity index (χ1n) is 37.4. The first-order chi connectivity index (χ1) is 54.4. The van der Waals surface area contributed by atoms with Gasteiger partial charge in [-0.1, -0.05) is 243 Å². The predicted molar refractivity (Wildman–Crippen MR) is 475 cm³/mol. The second-order valence-corrected chi connectivity index (χ2v) is 31.9. The molecule has 0 aliphatic carbocycles. The van der Waals surface area contributed by atoms with E-state index in [1.165, 1.54) is 143 Å². The molecular weight excluding hydrogens is 1390 g/mol. The van der Waals surface area contributed by atoms with Crippen molar-refractivity contribution in [3.05, 3.63) is 388 Å². The third kappa shape index (κ3) is 11.1. The number of hydrogen-bond donors (Lipinski definition) is 0. The van der Waals surface area contributed by atoms with Crippen molar-refractivity contribution in [2.75, 3.05) is 9.80 Å². The fourth-order valence-corrected chi connectivity index (χ4v) is 20.2. The van der Waals surface area contributed by atoms with Gasteiger partial charge in [0.15, 0.2) is 0 Å². The molecule has 0 saturated heterocycles. The van der Waals surface area contributed by atoms with Crippen LogP contribution in [0.2, 0.25) is 0 Å². The Balaban J connectivity index is 0.563. The zero-order valence-electron chi connectivity index (χ0n) is 59.5. The van der Waals surface area contributed by atoms with E-state index in [1.807, 2.05) is 46.1 Å². The number of thiophene rings is 3. The van der Waals surface area contributed by atoms with Gasteiger partial charge in [0.05, 0.1) is 0 Å². The monoisotopic (exact) mass is 1450 g/mol. The lowest BCUT2D eigenvalue weighted by atomic mass is 9.96. The van der Waals surface area contributed by atoms with Crippen LogP contribution in [0, 0.1) is 0 Å². The van der Waals surface area contributed by atoms with Gasteiger partial charge in [-0.3, -0.25) is 0 Å². The van der Waals surface area contributed by atoms with E-state index in [9.17, 15) is 0 Å². The van der Waals surface area contributed by atoms with Gasteiger partial charge < -0.3 is 14.2 Å². The van der Waals surface area contributed by atoms with Crippen LogP contribution in [0.5, 0.6) is 0 Å². The molecule has 0 radical (unpaired) electrons. The van der Waals surface area contributed by atoms with Crippen LogP contribution in [0.1, 0.15) is 0 Å². The molecule has 4 heterocycles. The van der Waals surface area contributed by atoms with Gasteiger partial charge in [-0.15, -0.1) is 34.0 Å². The van der Waals surface area contributed by atoms with Crippen LogP contribution in [-0.2, 0) is 0 Å². The summed E-state index contributed by atoms with van der Waals surface area (Å²) in [5, 5.41) is 14.9. The summed E-state index contributed by atoms with van der Waals surface area (Å²) in [4.78, 5) is 4.80. The van der Waals surface area contributed by atoms with Crippen molar-refractivity contribution in [3.8, 4) is 77.9 Å². The predicted octanol–water partition coefficient (Wildman–Crippen LogP) is 31.6.